The molecule has 3 nitrogen and oxygen atoms in total. The Morgan fingerprint density at radius 2 is 1.76 bits per heavy atom. The highest BCUT2D eigenvalue weighted by Crippen LogP contribution is 2.31. The summed E-state index contributed by atoms with van der Waals surface area (Å²) in [6, 6.07) is 5.92. The molecule has 1 aromatic carbocycles. The van der Waals surface area contributed by atoms with Crippen LogP contribution in [-0.2, 0) is 4.74 Å². The number of methoxy groups -OCH3 is 2. The highest BCUT2D eigenvalue weighted by atomic mass is 16.5. The molecule has 25 heavy (non-hydrogen) atoms. The lowest BCUT2D eigenvalue weighted by molar-refractivity contribution is -0.0124. The van der Waals surface area contributed by atoms with Crippen molar-refractivity contribution in [3.8, 4) is 11.5 Å². The number of rotatable bonds is 9. The summed E-state index contributed by atoms with van der Waals surface area (Å²) >= 11 is 0. The van der Waals surface area contributed by atoms with E-state index < -0.39 is 0 Å². The predicted octanol–water partition coefficient (Wildman–Crippen LogP) is 5.87. The Balaban J connectivity index is 1.77. The first-order valence-corrected chi connectivity index (χ1v) is 9.56. The van der Waals surface area contributed by atoms with Gasteiger partial charge in [0.05, 0.1) is 26.4 Å². The minimum Gasteiger partial charge on any atom is -0.493 e. The summed E-state index contributed by atoms with van der Waals surface area (Å²) in [5.41, 5.74) is 1.03. The zero-order valence-corrected chi connectivity index (χ0v) is 16.3. The molecule has 0 radical (unpaired) electrons. The number of hydrogen-bond donors (Lipinski definition) is 0. The fraction of sp³-hybridized carbons (Fsp3) is 0.636. The normalized spacial score (nSPS) is 16.3. The van der Waals surface area contributed by atoms with Crippen molar-refractivity contribution in [3.05, 3.63) is 29.8 Å². The van der Waals surface area contributed by atoms with Gasteiger partial charge in [-0.25, -0.2) is 0 Å². The molecule has 0 aliphatic heterocycles. The third-order valence-corrected chi connectivity index (χ3v) is 5.17. The molecule has 0 spiro atoms. The van der Waals surface area contributed by atoms with Crippen molar-refractivity contribution >= 4 is 6.08 Å². The summed E-state index contributed by atoms with van der Waals surface area (Å²) in [6.07, 6.45) is 13.7. The summed E-state index contributed by atoms with van der Waals surface area (Å²) in [4.78, 5) is 0. The van der Waals surface area contributed by atoms with Gasteiger partial charge < -0.3 is 14.2 Å². The molecule has 1 saturated carbocycles. The van der Waals surface area contributed by atoms with Crippen LogP contribution in [0.15, 0.2) is 24.3 Å². The summed E-state index contributed by atoms with van der Waals surface area (Å²) in [7, 11) is 3.31. The van der Waals surface area contributed by atoms with Crippen molar-refractivity contribution in [1.82, 2.24) is 0 Å². The van der Waals surface area contributed by atoms with E-state index in [-0.39, 0.29) is 5.60 Å². The fourth-order valence-corrected chi connectivity index (χ4v) is 3.51. The Morgan fingerprint density at radius 1 is 1.04 bits per heavy atom. The number of ether oxygens (including phenoxy) is 3. The van der Waals surface area contributed by atoms with Crippen LogP contribution in [0.3, 0.4) is 0 Å². The average molecular weight is 347 g/mol. The Labute approximate surface area is 153 Å². The maximum atomic E-state index is 6.10. The Morgan fingerprint density at radius 3 is 2.44 bits per heavy atom. The summed E-state index contributed by atoms with van der Waals surface area (Å²) in [5, 5.41) is 0. The van der Waals surface area contributed by atoms with E-state index in [0.717, 1.165) is 29.4 Å². The minimum atomic E-state index is -0.0562. The van der Waals surface area contributed by atoms with Crippen LogP contribution in [-0.4, -0.2) is 26.4 Å². The molecule has 1 fully saturated rings. The van der Waals surface area contributed by atoms with E-state index in [1.807, 2.05) is 18.2 Å². The second-order valence-electron chi connectivity index (χ2n) is 7.63. The molecule has 0 saturated heterocycles. The largest absolute Gasteiger partial charge is 0.493 e. The van der Waals surface area contributed by atoms with Crippen LogP contribution in [0.4, 0.5) is 0 Å². The van der Waals surface area contributed by atoms with Gasteiger partial charge in [0.2, 0.25) is 0 Å². The van der Waals surface area contributed by atoms with Crippen LogP contribution >= 0.6 is 0 Å². The van der Waals surface area contributed by atoms with Crippen LogP contribution in [0.25, 0.3) is 6.08 Å². The maximum Gasteiger partial charge on any atom is 0.161 e. The Kier molecular flexibility index (Phi) is 7.83. The van der Waals surface area contributed by atoms with E-state index in [0.29, 0.717) is 6.61 Å². The first-order chi connectivity index (χ1) is 12.0. The second-order valence-corrected chi connectivity index (χ2v) is 7.63. The zero-order chi connectivity index (χ0) is 18.1. The van der Waals surface area contributed by atoms with Crippen LogP contribution in [0.2, 0.25) is 0 Å². The van der Waals surface area contributed by atoms with Crippen molar-refractivity contribution < 1.29 is 14.2 Å². The van der Waals surface area contributed by atoms with E-state index >= 15 is 0 Å². The smallest absolute Gasteiger partial charge is 0.161 e. The Bertz CT molecular complexity index is 542. The molecule has 0 bridgehead atoms. The third-order valence-electron chi connectivity index (χ3n) is 5.17. The first-order valence-electron chi connectivity index (χ1n) is 9.56. The van der Waals surface area contributed by atoms with Crippen LogP contribution in [0, 0.1) is 5.92 Å². The molecule has 0 N–H and O–H groups in total. The average Bonchev–Trinajstić information content (AvgIpc) is 2.64. The summed E-state index contributed by atoms with van der Waals surface area (Å²) in [5.74, 6) is 2.41. The lowest BCUT2D eigenvalue weighted by Gasteiger charge is -2.28. The van der Waals surface area contributed by atoms with Gasteiger partial charge in [0, 0.05) is 0 Å². The Hall–Kier alpha value is -1.48. The van der Waals surface area contributed by atoms with Gasteiger partial charge in [-0.2, -0.15) is 0 Å². The third kappa shape index (κ3) is 6.74. The molecule has 1 aliphatic rings. The highest BCUT2D eigenvalue weighted by Gasteiger charge is 2.21. The lowest BCUT2D eigenvalue weighted by Crippen LogP contribution is -2.25. The van der Waals surface area contributed by atoms with E-state index in [1.54, 1.807) is 14.2 Å². The van der Waals surface area contributed by atoms with E-state index in [9.17, 15) is 0 Å². The van der Waals surface area contributed by atoms with Gasteiger partial charge >= 0.3 is 0 Å². The summed E-state index contributed by atoms with van der Waals surface area (Å²) < 4.78 is 16.7. The molecule has 3 heteroatoms. The van der Waals surface area contributed by atoms with Gasteiger partial charge in [-0.15, -0.1) is 0 Å². The van der Waals surface area contributed by atoms with Gasteiger partial charge in [-0.05, 0) is 50.3 Å². The molecule has 0 amide bonds. The van der Waals surface area contributed by atoms with Crippen molar-refractivity contribution in [2.45, 2.75) is 64.4 Å². The molecule has 0 heterocycles. The predicted molar refractivity (Wildman–Crippen MR) is 104 cm³/mol. The second kappa shape index (κ2) is 9.86. The molecule has 140 valence electrons. The highest BCUT2D eigenvalue weighted by molar-refractivity contribution is 5.55. The molecule has 0 unspecified atom stereocenters. The van der Waals surface area contributed by atoms with Crippen LogP contribution < -0.4 is 9.47 Å². The minimum absolute atomic E-state index is 0.0562. The lowest BCUT2D eigenvalue weighted by atomic mass is 9.84. The molecule has 0 aromatic heterocycles. The van der Waals surface area contributed by atoms with Gasteiger partial charge in [0.25, 0.3) is 0 Å². The summed E-state index contributed by atoms with van der Waals surface area (Å²) in [6.45, 7) is 5.05. The SMILES string of the molecule is COc1ccc(/C=C/COC(C)(C)CCC2CCCCC2)cc1OC. The van der Waals surface area contributed by atoms with Crippen molar-refractivity contribution in [2.24, 2.45) is 5.92 Å². The van der Waals surface area contributed by atoms with Crippen LogP contribution in [0.5, 0.6) is 11.5 Å². The molecular formula is C22H34O3. The fourth-order valence-electron chi connectivity index (χ4n) is 3.51. The molecular weight excluding hydrogens is 312 g/mol. The molecule has 1 aliphatic carbocycles. The van der Waals surface area contributed by atoms with Gasteiger partial charge in [0.1, 0.15) is 0 Å². The maximum absolute atomic E-state index is 6.10. The molecule has 1 aromatic rings. The van der Waals surface area contributed by atoms with Crippen molar-refractivity contribution in [3.63, 3.8) is 0 Å². The zero-order valence-electron chi connectivity index (χ0n) is 16.3. The van der Waals surface area contributed by atoms with Crippen molar-refractivity contribution in [2.75, 3.05) is 20.8 Å². The van der Waals surface area contributed by atoms with E-state index in [4.69, 9.17) is 14.2 Å². The van der Waals surface area contributed by atoms with Gasteiger partial charge in [-0.3, -0.25) is 0 Å². The van der Waals surface area contributed by atoms with E-state index in [2.05, 4.69) is 26.0 Å². The molecule has 0 atom stereocenters. The first kappa shape index (κ1) is 19.8. The number of hydrogen-bond acceptors (Lipinski definition) is 3. The standard InChI is InChI=1S/C22H34O3/c1-22(2,15-14-18-9-6-5-7-10-18)25-16-8-11-19-12-13-20(23-3)21(17-19)24-4/h8,11-13,17-18H,5-7,9-10,14-16H2,1-4H3/b11-8+. The number of benzene rings is 1. The quantitative estimate of drug-likeness (QED) is 0.559. The van der Waals surface area contributed by atoms with Crippen LogP contribution in [0.1, 0.15) is 64.4 Å². The van der Waals surface area contributed by atoms with Crippen molar-refractivity contribution in [1.29, 1.82) is 0 Å². The monoisotopic (exact) mass is 346 g/mol. The molecule has 2 rings (SSSR count). The topological polar surface area (TPSA) is 27.7 Å². The van der Waals surface area contributed by atoms with E-state index in [1.165, 1.54) is 38.5 Å². The van der Waals surface area contributed by atoms with Gasteiger partial charge in [0.15, 0.2) is 11.5 Å². The van der Waals surface area contributed by atoms with Gasteiger partial charge in [-0.1, -0.05) is 50.3 Å².